The number of amides is 1. The van der Waals surface area contributed by atoms with Gasteiger partial charge in [-0.15, -0.1) is 5.10 Å². The molecule has 1 aliphatic carbocycles. The number of rotatable bonds is 15. The molecule has 1 amide bonds. The standard InChI is InChI=1S/C36H39ClF3N7O6S/c1-34(2)20-22(21-41-34)6-12-26(23-7-9-24(10-8-23)33(49)50)42-27-4-3-5-30(43-27)54(51,52)46-32(48)25-11-13-28(44-31(25)37)47-18-14-29(45-47)53-19-17-35(15-16-35)36(38,39)40/h3-5,7-11,13-14,18,22,26,41H,6,12,15-17,19-21H2,1-2H3,(H,42,43)(H,46,48)(H,49,50)/t22-,26?/m0/s1. The summed E-state index contributed by atoms with van der Waals surface area (Å²) in [6.45, 7) is 4.98. The number of benzene rings is 1. The van der Waals surface area contributed by atoms with Gasteiger partial charge in [-0.3, -0.25) is 4.79 Å². The molecule has 1 aromatic carbocycles. The van der Waals surface area contributed by atoms with Crippen molar-refractivity contribution in [2.75, 3.05) is 18.5 Å². The Morgan fingerprint density at radius 3 is 2.46 bits per heavy atom. The number of aromatic carboxylic acids is 1. The summed E-state index contributed by atoms with van der Waals surface area (Å²) in [4.78, 5) is 33.0. The number of carboxylic acid groups (broad SMARTS) is 1. The molecule has 4 heterocycles. The topological polar surface area (TPSA) is 177 Å². The number of ether oxygens (including phenoxy) is 1. The molecule has 2 aliphatic rings. The summed E-state index contributed by atoms with van der Waals surface area (Å²) < 4.78 is 74.9. The van der Waals surface area contributed by atoms with Gasteiger partial charge in [0.05, 0.1) is 29.2 Å². The smallest absolute Gasteiger partial charge is 0.394 e. The fourth-order valence-corrected chi connectivity index (χ4v) is 7.71. The first-order chi connectivity index (χ1) is 25.4. The summed E-state index contributed by atoms with van der Waals surface area (Å²) in [5, 5.41) is 19.6. The van der Waals surface area contributed by atoms with Crippen LogP contribution in [0.4, 0.5) is 19.0 Å². The predicted octanol–water partition coefficient (Wildman–Crippen LogP) is 6.57. The van der Waals surface area contributed by atoms with Crippen LogP contribution in [0.2, 0.25) is 5.15 Å². The maximum absolute atomic E-state index is 13.4. The second-order valence-electron chi connectivity index (χ2n) is 14.3. The number of hydrogen-bond donors (Lipinski definition) is 4. The van der Waals surface area contributed by atoms with E-state index in [4.69, 9.17) is 16.3 Å². The number of anilines is 1. The van der Waals surface area contributed by atoms with E-state index >= 15 is 0 Å². The number of carbonyl (C=O) groups is 2. The Bertz CT molecular complexity index is 2120. The summed E-state index contributed by atoms with van der Waals surface area (Å²) in [6, 6.07) is 14.5. The second kappa shape index (κ2) is 15.2. The summed E-state index contributed by atoms with van der Waals surface area (Å²) >= 11 is 6.29. The molecule has 4 N–H and O–H groups in total. The zero-order valence-corrected chi connectivity index (χ0v) is 30.9. The van der Waals surface area contributed by atoms with E-state index in [-0.39, 0.29) is 71.2 Å². The molecule has 1 unspecified atom stereocenters. The maximum atomic E-state index is 13.4. The Morgan fingerprint density at radius 1 is 1.09 bits per heavy atom. The van der Waals surface area contributed by atoms with Crippen molar-refractivity contribution in [3.05, 3.63) is 88.7 Å². The van der Waals surface area contributed by atoms with Crippen molar-refractivity contribution in [1.29, 1.82) is 0 Å². The van der Waals surface area contributed by atoms with Crippen LogP contribution in [-0.2, 0) is 10.0 Å². The molecule has 6 rings (SSSR count). The molecular formula is C36H39ClF3N7O6S. The molecule has 1 saturated heterocycles. The molecule has 13 nitrogen and oxygen atoms in total. The number of pyridine rings is 2. The molecule has 0 spiro atoms. The first-order valence-corrected chi connectivity index (χ1v) is 19.1. The van der Waals surface area contributed by atoms with Crippen molar-refractivity contribution in [3.63, 3.8) is 0 Å². The van der Waals surface area contributed by atoms with Crippen LogP contribution in [0.1, 0.15) is 84.7 Å². The van der Waals surface area contributed by atoms with Gasteiger partial charge in [-0.25, -0.2) is 24.2 Å². The van der Waals surface area contributed by atoms with Gasteiger partial charge in [0.2, 0.25) is 5.88 Å². The Labute approximate surface area is 314 Å². The number of carbonyl (C=O) groups excluding carboxylic acids is 1. The average molecular weight is 790 g/mol. The number of halogens is 4. The van der Waals surface area contributed by atoms with Crippen LogP contribution in [0.5, 0.6) is 5.88 Å². The number of nitrogens with zero attached hydrogens (tertiary/aromatic N) is 4. The number of nitrogens with one attached hydrogen (secondary N) is 3. The highest BCUT2D eigenvalue weighted by Gasteiger charge is 2.62. The highest BCUT2D eigenvalue weighted by molar-refractivity contribution is 7.90. The molecule has 54 heavy (non-hydrogen) atoms. The summed E-state index contributed by atoms with van der Waals surface area (Å²) in [6.07, 6.45) is -0.380. The monoisotopic (exact) mass is 789 g/mol. The molecule has 18 heteroatoms. The number of hydrogen-bond acceptors (Lipinski definition) is 10. The molecule has 3 aromatic heterocycles. The number of sulfonamides is 1. The third kappa shape index (κ3) is 9.13. The van der Waals surface area contributed by atoms with Gasteiger partial charge < -0.3 is 20.5 Å². The summed E-state index contributed by atoms with van der Waals surface area (Å²) in [7, 11) is -4.50. The van der Waals surface area contributed by atoms with Crippen molar-refractivity contribution in [2.45, 2.75) is 75.2 Å². The molecule has 0 radical (unpaired) electrons. The predicted molar refractivity (Wildman–Crippen MR) is 192 cm³/mol. The quantitative estimate of drug-likeness (QED) is 0.0959. The zero-order valence-electron chi connectivity index (χ0n) is 29.4. The Kier molecular flexibility index (Phi) is 11.0. The van der Waals surface area contributed by atoms with Gasteiger partial charge in [-0.05, 0) is 107 Å². The lowest BCUT2D eigenvalue weighted by Crippen LogP contribution is -2.31. The van der Waals surface area contributed by atoms with E-state index < -0.39 is 38.5 Å². The van der Waals surface area contributed by atoms with Crippen LogP contribution < -0.4 is 20.1 Å². The van der Waals surface area contributed by atoms with E-state index in [0.717, 1.165) is 24.9 Å². The highest BCUT2D eigenvalue weighted by Crippen LogP contribution is 2.59. The Hall–Kier alpha value is -4.74. The molecule has 2 fully saturated rings. The van der Waals surface area contributed by atoms with Crippen molar-refractivity contribution in [2.24, 2.45) is 11.3 Å². The van der Waals surface area contributed by atoms with Crippen LogP contribution >= 0.6 is 11.6 Å². The number of carboxylic acids is 1. The summed E-state index contributed by atoms with van der Waals surface area (Å²) in [5.41, 5.74) is -0.987. The van der Waals surface area contributed by atoms with Gasteiger partial charge in [0.1, 0.15) is 11.0 Å². The molecule has 1 aliphatic heterocycles. The molecular weight excluding hydrogens is 751 g/mol. The van der Waals surface area contributed by atoms with Crippen molar-refractivity contribution in [1.82, 2.24) is 29.8 Å². The first kappa shape index (κ1) is 39.0. The minimum atomic E-state index is -4.50. The molecule has 0 bridgehead atoms. The van der Waals surface area contributed by atoms with Crippen LogP contribution in [0.25, 0.3) is 5.82 Å². The molecule has 4 aromatic rings. The maximum Gasteiger partial charge on any atom is 0.394 e. The normalized spacial score (nSPS) is 18.1. The fourth-order valence-electron chi connectivity index (χ4n) is 6.54. The average Bonchev–Trinajstić information content (AvgIpc) is 3.63. The van der Waals surface area contributed by atoms with Crippen molar-refractivity contribution < 1.29 is 41.0 Å². The van der Waals surface area contributed by atoms with Crippen molar-refractivity contribution in [3.8, 4) is 11.7 Å². The van der Waals surface area contributed by atoms with E-state index in [9.17, 15) is 36.3 Å². The fraction of sp³-hybridized carbons (Fsp3) is 0.417. The van der Waals surface area contributed by atoms with Crippen LogP contribution in [-0.4, -0.2) is 70.0 Å². The third-order valence-electron chi connectivity index (χ3n) is 9.80. The molecule has 288 valence electrons. The van der Waals surface area contributed by atoms with Crippen LogP contribution in [0.3, 0.4) is 0 Å². The van der Waals surface area contributed by atoms with E-state index in [1.165, 1.54) is 53.3 Å². The van der Waals surface area contributed by atoms with Gasteiger partial charge in [-0.2, -0.15) is 21.6 Å². The van der Waals surface area contributed by atoms with Crippen LogP contribution in [0.15, 0.2) is 71.9 Å². The van der Waals surface area contributed by atoms with E-state index in [1.807, 2.05) is 4.72 Å². The van der Waals surface area contributed by atoms with Gasteiger partial charge >= 0.3 is 12.1 Å². The second-order valence-corrected chi connectivity index (χ2v) is 16.3. The van der Waals surface area contributed by atoms with Gasteiger partial charge in [-0.1, -0.05) is 29.8 Å². The third-order valence-corrected chi connectivity index (χ3v) is 11.3. The number of alkyl halides is 3. The minimum Gasteiger partial charge on any atom is -0.478 e. The SMILES string of the molecule is CC1(C)C[C@H](CCC(Nc2cccc(S(=O)(=O)NC(=O)c3ccc(-n4ccc(OCCC5(C(F)(F)F)CC5)n4)nc3Cl)n2)c2ccc(C(=O)O)cc2)CN1. The molecule has 2 atom stereocenters. The highest BCUT2D eigenvalue weighted by atomic mass is 35.5. The van der Waals surface area contributed by atoms with E-state index in [2.05, 4.69) is 39.5 Å². The van der Waals surface area contributed by atoms with Crippen LogP contribution in [0, 0.1) is 11.3 Å². The van der Waals surface area contributed by atoms with E-state index in [1.54, 1.807) is 18.2 Å². The Balaban J connectivity index is 1.11. The lowest BCUT2D eigenvalue weighted by molar-refractivity contribution is -0.190. The molecule has 1 saturated carbocycles. The zero-order chi connectivity index (χ0) is 38.9. The first-order valence-electron chi connectivity index (χ1n) is 17.2. The van der Waals surface area contributed by atoms with Gasteiger partial charge in [0.25, 0.3) is 15.9 Å². The van der Waals surface area contributed by atoms with Gasteiger partial charge in [0.15, 0.2) is 10.8 Å². The lowest BCUT2D eigenvalue weighted by atomic mass is 9.90. The van der Waals surface area contributed by atoms with E-state index in [0.29, 0.717) is 12.3 Å². The largest absolute Gasteiger partial charge is 0.478 e. The van der Waals surface area contributed by atoms with Crippen molar-refractivity contribution >= 4 is 39.3 Å². The lowest BCUT2D eigenvalue weighted by Gasteiger charge is -2.22. The summed E-state index contributed by atoms with van der Waals surface area (Å²) in [5.74, 6) is -1.26. The number of aromatic nitrogens is 4. The minimum absolute atomic E-state index is 0.0270. The Morgan fingerprint density at radius 2 is 1.83 bits per heavy atom. The van der Waals surface area contributed by atoms with Gasteiger partial charge in [0, 0.05) is 17.8 Å².